The largest absolute Gasteiger partial charge is 0.478 e. The van der Waals surface area contributed by atoms with Crippen LogP contribution in [0.5, 0.6) is 0 Å². The van der Waals surface area contributed by atoms with Gasteiger partial charge in [-0.1, -0.05) is 36.6 Å². The van der Waals surface area contributed by atoms with Crippen LogP contribution in [-0.2, 0) is 10.0 Å². The highest BCUT2D eigenvalue weighted by molar-refractivity contribution is 7.92. The van der Waals surface area contributed by atoms with Crippen molar-refractivity contribution in [1.29, 1.82) is 0 Å². The van der Waals surface area contributed by atoms with E-state index in [0.717, 1.165) is 38.8 Å². The fourth-order valence-electron chi connectivity index (χ4n) is 3.08. The first-order chi connectivity index (χ1) is 12.9. The van der Waals surface area contributed by atoms with Crippen LogP contribution < -0.4 is 9.62 Å². The van der Waals surface area contributed by atoms with E-state index in [0.29, 0.717) is 5.82 Å². The quantitative estimate of drug-likeness (QED) is 0.782. The minimum atomic E-state index is -3.96. The van der Waals surface area contributed by atoms with Gasteiger partial charge in [-0.25, -0.2) is 18.2 Å². The minimum absolute atomic E-state index is 0.0312. The molecule has 1 saturated heterocycles. The highest BCUT2D eigenvalue weighted by Crippen LogP contribution is 2.27. The lowest BCUT2D eigenvalue weighted by atomic mass is 10.2. The molecule has 0 amide bonds. The topological polar surface area (TPSA) is 99.6 Å². The van der Waals surface area contributed by atoms with Gasteiger partial charge in [-0.3, -0.25) is 4.72 Å². The summed E-state index contributed by atoms with van der Waals surface area (Å²) in [4.78, 5) is 17.8. The predicted molar refractivity (Wildman–Crippen MR) is 104 cm³/mol. The summed E-state index contributed by atoms with van der Waals surface area (Å²) in [5, 5.41) is 9.67. The number of hydrogen-bond donors (Lipinski definition) is 2. The molecule has 0 aliphatic carbocycles. The van der Waals surface area contributed by atoms with Gasteiger partial charge in [-0.05, 0) is 31.0 Å². The number of nitrogens with one attached hydrogen (secondary N) is 1. The average Bonchev–Trinajstić information content (AvgIpc) is 2.91. The molecule has 0 radical (unpaired) electrons. The molecule has 7 nitrogen and oxygen atoms in total. The molecule has 1 aliphatic rings. The Hall–Kier alpha value is -2.32. The van der Waals surface area contributed by atoms with Crippen LogP contribution in [0.15, 0.2) is 41.4 Å². The number of halogens is 1. The number of carboxylic acids is 1. The van der Waals surface area contributed by atoms with Gasteiger partial charge in [0.15, 0.2) is 0 Å². The van der Waals surface area contributed by atoms with Gasteiger partial charge < -0.3 is 10.0 Å². The van der Waals surface area contributed by atoms with Gasteiger partial charge in [0.1, 0.15) is 16.3 Å². The fourth-order valence-corrected chi connectivity index (χ4v) is 4.63. The monoisotopic (exact) mass is 409 g/mol. The summed E-state index contributed by atoms with van der Waals surface area (Å²) in [7, 11) is -3.96. The summed E-state index contributed by atoms with van der Waals surface area (Å²) in [6.45, 7) is 1.47. The summed E-state index contributed by atoms with van der Waals surface area (Å²) in [6.07, 6.45) is 5.49. The number of pyridine rings is 1. The Morgan fingerprint density at radius 2 is 1.81 bits per heavy atom. The van der Waals surface area contributed by atoms with Crippen molar-refractivity contribution in [3.05, 3.63) is 47.1 Å². The number of carbonyl (C=O) groups is 1. The van der Waals surface area contributed by atoms with Crippen molar-refractivity contribution in [2.45, 2.75) is 30.6 Å². The maximum absolute atomic E-state index is 12.6. The minimum Gasteiger partial charge on any atom is -0.478 e. The summed E-state index contributed by atoms with van der Waals surface area (Å²) >= 11 is 5.96. The Bertz CT molecular complexity index is 941. The van der Waals surface area contributed by atoms with Gasteiger partial charge in [0.2, 0.25) is 0 Å². The van der Waals surface area contributed by atoms with Crippen molar-refractivity contribution in [2.24, 2.45) is 0 Å². The second-order valence-electron chi connectivity index (χ2n) is 6.34. The number of hydrogen-bond acceptors (Lipinski definition) is 5. The number of rotatable bonds is 5. The molecule has 9 heteroatoms. The number of anilines is 2. The lowest BCUT2D eigenvalue weighted by Crippen LogP contribution is -2.27. The summed E-state index contributed by atoms with van der Waals surface area (Å²) in [5.41, 5.74) is 0.0437. The summed E-state index contributed by atoms with van der Waals surface area (Å²) < 4.78 is 27.5. The number of carboxylic acid groups (broad SMARTS) is 1. The second-order valence-corrected chi connectivity index (χ2v) is 8.40. The van der Waals surface area contributed by atoms with Gasteiger partial charge in [0.05, 0.1) is 16.9 Å². The van der Waals surface area contributed by atoms with Crippen LogP contribution in [0, 0.1) is 0 Å². The highest BCUT2D eigenvalue weighted by Gasteiger charge is 2.22. The second kappa shape index (κ2) is 8.14. The number of nitrogens with zero attached hydrogens (tertiary/aromatic N) is 2. The van der Waals surface area contributed by atoms with E-state index >= 15 is 0 Å². The van der Waals surface area contributed by atoms with E-state index in [4.69, 9.17) is 11.6 Å². The first-order valence-corrected chi connectivity index (χ1v) is 10.5. The van der Waals surface area contributed by atoms with E-state index in [1.165, 1.54) is 24.4 Å². The maximum Gasteiger partial charge on any atom is 0.339 e. The van der Waals surface area contributed by atoms with Crippen molar-refractivity contribution in [3.8, 4) is 0 Å². The van der Waals surface area contributed by atoms with E-state index in [1.54, 1.807) is 12.1 Å². The third-order valence-electron chi connectivity index (χ3n) is 4.38. The van der Waals surface area contributed by atoms with Crippen LogP contribution >= 0.6 is 11.6 Å². The van der Waals surface area contributed by atoms with E-state index in [1.807, 2.05) is 4.90 Å². The molecule has 0 saturated carbocycles. The first kappa shape index (κ1) is 19.4. The van der Waals surface area contributed by atoms with Crippen LogP contribution in [0.1, 0.15) is 36.0 Å². The number of aromatic carboxylic acids is 1. The van der Waals surface area contributed by atoms with Crippen molar-refractivity contribution in [3.63, 3.8) is 0 Å². The normalized spacial score (nSPS) is 15.2. The van der Waals surface area contributed by atoms with Gasteiger partial charge in [-0.15, -0.1) is 0 Å². The molecule has 0 unspecified atom stereocenters. The lowest BCUT2D eigenvalue weighted by molar-refractivity contribution is 0.0697. The molecule has 2 aromatic rings. The Kier molecular flexibility index (Phi) is 5.86. The molecule has 1 fully saturated rings. The smallest absolute Gasteiger partial charge is 0.339 e. The van der Waals surface area contributed by atoms with E-state index < -0.39 is 16.0 Å². The molecular weight excluding hydrogens is 390 g/mol. The molecule has 27 heavy (non-hydrogen) atoms. The molecule has 1 aliphatic heterocycles. The zero-order valence-electron chi connectivity index (χ0n) is 14.6. The molecule has 0 atom stereocenters. The molecular formula is C18H20ClN3O4S. The lowest BCUT2D eigenvalue weighted by Gasteiger charge is -2.23. The number of sulfonamides is 1. The molecule has 144 valence electrons. The molecule has 1 aromatic carbocycles. The Morgan fingerprint density at radius 3 is 2.44 bits per heavy atom. The highest BCUT2D eigenvalue weighted by atomic mass is 35.5. The van der Waals surface area contributed by atoms with Crippen LogP contribution in [0.3, 0.4) is 0 Å². The molecule has 0 bridgehead atoms. The fraction of sp³-hybridized carbons (Fsp3) is 0.333. The van der Waals surface area contributed by atoms with Crippen LogP contribution in [0.2, 0.25) is 5.02 Å². The van der Waals surface area contributed by atoms with Crippen LogP contribution in [0.4, 0.5) is 11.5 Å². The van der Waals surface area contributed by atoms with Gasteiger partial charge in [0.25, 0.3) is 10.0 Å². The third-order valence-corrected chi connectivity index (χ3v) is 6.26. The Morgan fingerprint density at radius 1 is 1.15 bits per heavy atom. The molecule has 3 rings (SSSR count). The zero-order chi connectivity index (χ0) is 19.4. The van der Waals surface area contributed by atoms with Gasteiger partial charge in [0, 0.05) is 13.1 Å². The predicted octanol–water partition coefficient (Wildman–Crippen LogP) is 3.61. The van der Waals surface area contributed by atoms with E-state index in [9.17, 15) is 18.3 Å². The Labute approximate surface area is 163 Å². The number of benzene rings is 1. The van der Waals surface area contributed by atoms with E-state index in [-0.39, 0.29) is 21.2 Å². The van der Waals surface area contributed by atoms with E-state index in [2.05, 4.69) is 9.71 Å². The third kappa shape index (κ3) is 4.51. The summed E-state index contributed by atoms with van der Waals surface area (Å²) in [6, 6.07) is 7.33. The van der Waals surface area contributed by atoms with Crippen molar-refractivity contribution >= 4 is 39.1 Å². The average molecular weight is 410 g/mol. The zero-order valence-corrected chi connectivity index (χ0v) is 16.1. The Balaban J connectivity index is 1.92. The van der Waals surface area contributed by atoms with Crippen LogP contribution in [-0.4, -0.2) is 37.6 Å². The molecule has 0 spiro atoms. The first-order valence-electron chi connectivity index (χ1n) is 8.64. The van der Waals surface area contributed by atoms with Gasteiger partial charge >= 0.3 is 5.97 Å². The SMILES string of the molecule is O=C(O)c1cc(NS(=O)(=O)c2ccccc2Cl)cnc1N1CCCCCC1. The standard InChI is InChI=1S/C18H20ClN3O4S/c19-15-7-3-4-8-16(15)27(25,26)21-13-11-14(18(23)24)17(20-12-13)22-9-5-1-2-6-10-22/h3-4,7-8,11-12,21H,1-2,5-6,9-10H2,(H,23,24). The van der Waals surface area contributed by atoms with Crippen LogP contribution in [0.25, 0.3) is 0 Å². The van der Waals surface area contributed by atoms with Gasteiger partial charge in [-0.2, -0.15) is 0 Å². The maximum atomic E-state index is 12.6. The summed E-state index contributed by atoms with van der Waals surface area (Å²) in [5.74, 6) is -0.786. The van der Waals surface area contributed by atoms with Crippen molar-refractivity contribution in [2.75, 3.05) is 22.7 Å². The molecule has 2 N–H and O–H groups in total. The number of aromatic nitrogens is 1. The molecule has 1 aromatic heterocycles. The van der Waals surface area contributed by atoms with Crippen molar-refractivity contribution in [1.82, 2.24) is 4.98 Å². The van der Waals surface area contributed by atoms with Crippen molar-refractivity contribution < 1.29 is 18.3 Å². The molecule has 2 heterocycles.